The van der Waals surface area contributed by atoms with Gasteiger partial charge in [0.05, 0.1) is 5.56 Å². The summed E-state index contributed by atoms with van der Waals surface area (Å²) in [5, 5.41) is 14.4. The van der Waals surface area contributed by atoms with Gasteiger partial charge in [-0.2, -0.15) is 0 Å². The number of anilines is 1. The van der Waals surface area contributed by atoms with Crippen LogP contribution >= 0.6 is 0 Å². The van der Waals surface area contributed by atoms with E-state index in [-0.39, 0.29) is 17.3 Å². The van der Waals surface area contributed by atoms with Gasteiger partial charge in [0.1, 0.15) is 17.9 Å². The Hall–Kier alpha value is -4.40. The lowest BCUT2D eigenvalue weighted by molar-refractivity contribution is 0.102. The zero-order valence-corrected chi connectivity index (χ0v) is 16.7. The van der Waals surface area contributed by atoms with E-state index in [1.807, 2.05) is 13.0 Å². The predicted molar refractivity (Wildman–Crippen MR) is 113 cm³/mol. The highest BCUT2D eigenvalue weighted by Gasteiger charge is 2.18. The van der Waals surface area contributed by atoms with Crippen molar-refractivity contribution in [3.05, 3.63) is 89.8 Å². The van der Waals surface area contributed by atoms with Crippen molar-refractivity contribution in [3.8, 4) is 22.5 Å². The summed E-state index contributed by atoms with van der Waals surface area (Å²) >= 11 is 0. The first-order valence-corrected chi connectivity index (χ1v) is 9.63. The Balaban J connectivity index is 1.53. The third-order valence-electron chi connectivity index (χ3n) is 5.09. The van der Waals surface area contributed by atoms with E-state index in [1.165, 1.54) is 28.9 Å². The van der Waals surface area contributed by atoms with Crippen LogP contribution in [0.5, 0.6) is 0 Å². The largest absolute Gasteiger partial charge is 0.363 e. The molecule has 0 saturated heterocycles. The second-order valence-corrected chi connectivity index (χ2v) is 7.13. The smallest absolute Gasteiger partial charge is 0.256 e. The van der Waals surface area contributed by atoms with Gasteiger partial charge < -0.3 is 9.84 Å². The Morgan fingerprint density at radius 3 is 2.59 bits per heavy atom. The van der Waals surface area contributed by atoms with Crippen molar-refractivity contribution >= 4 is 17.4 Å². The number of benzene rings is 2. The lowest BCUT2D eigenvalue weighted by atomic mass is 9.98. The van der Waals surface area contributed by atoms with Crippen LogP contribution in [0.15, 0.2) is 71.6 Å². The molecule has 1 N–H and O–H groups in total. The molecule has 0 saturated carbocycles. The summed E-state index contributed by atoms with van der Waals surface area (Å²) < 4.78 is 34.7. The van der Waals surface area contributed by atoms with Gasteiger partial charge in [-0.25, -0.2) is 8.78 Å². The Bertz CT molecular complexity index is 1440. The quantitative estimate of drug-likeness (QED) is 0.438. The number of hydrogen-bond donors (Lipinski definition) is 1. The molecule has 9 heteroatoms. The lowest BCUT2D eigenvalue weighted by Gasteiger charge is -2.10. The summed E-state index contributed by atoms with van der Waals surface area (Å²) in [6.07, 6.45) is 3.01. The molecule has 2 aromatic carbocycles. The molecule has 7 nitrogen and oxygen atoms in total. The number of hydrogen-bond acceptors (Lipinski definition) is 5. The minimum absolute atomic E-state index is 0.0691. The molecule has 0 fully saturated rings. The zero-order chi connectivity index (χ0) is 22.2. The van der Waals surface area contributed by atoms with Crippen LogP contribution in [-0.4, -0.2) is 25.7 Å². The normalized spacial score (nSPS) is 11.1. The monoisotopic (exact) mass is 431 g/mol. The van der Waals surface area contributed by atoms with E-state index in [1.54, 1.807) is 36.5 Å². The van der Waals surface area contributed by atoms with Crippen LogP contribution in [-0.2, 0) is 0 Å². The highest BCUT2D eigenvalue weighted by molar-refractivity contribution is 6.04. The van der Waals surface area contributed by atoms with Crippen LogP contribution in [0.1, 0.15) is 15.9 Å². The summed E-state index contributed by atoms with van der Waals surface area (Å²) in [6.45, 7) is 1.92. The van der Waals surface area contributed by atoms with E-state index in [0.29, 0.717) is 17.0 Å². The van der Waals surface area contributed by atoms with Gasteiger partial charge >= 0.3 is 0 Å². The molecule has 1 amide bonds. The molecule has 0 radical (unpaired) electrons. The Labute approximate surface area is 180 Å². The van der Waals surface area contributed by atoms with Crippen molar-refractivity contribution in [2.24, 2.45) is 0 Å². The van der Waals surface area contributed by atoms with Crippen molar-refractivity contribution in [3.63, 3.8) is 0 Å². The maximum Gasteiger partial charge on any atom is 0.256 e. The molecule has 0 aliphatic rings. The molecule has 0 atom stereocenters. The number of halogens is 2. The minimum atomic E-state index is -0.718. The molecule has 5 aromatic rings. The average molecular weight is 431 g/mol. The van der Waals surface area contributed by atoms with E-state index in [9.17, 15) is 13.6 Å². The number of carbonyl (C=O) groups excluding carboxylic acids is 1. The van der Waals surface area contributed by atoms with Crippen molar-refractivity contribution < 1.29 is 18.1 Å². The van der Waals surface area contributed by atoms with Crippen LogP contribution in [0.2, 0.25) is 0 Å². The van der Waals surface area contributed by atoms with Crippen LogP contribution in [0.4, 0.5) is 14.6 Å². The fourth-order valence-corrected chi connectivity index (χ4v) is 3.48. The van der Waals surface area contributed by atoms with Crippen LogP contribution in [0, 0.1) is 18.6 Å². The number of nitrogens with zero attached hydrogens (tertiary/aromatic N) is 4. The SMILES string of the molecule is Cc1ccc(C(=O)Nc2ccon2)cc1-c1ccn2c(-c3c(F)cccc3F)nnc2c1. The van der Waals surface area contributed by atoms with E-state index in [0.717, 1.165) is 16.7 Å². The molecule has 3 aromatic heterocycles. The van der Waals surface area contributed by atoms with Gasteiger partial charge in [-0.1, -0.05) is 17.3 Å². The number of fused-ring (bicyclic) bond motifs is 1. The third kappa shape index (κ3) is 3.39. The Morgan fingerprint density at radius 1 is 1.03 bits per heavy atom. The number of amides is 1. The maximum atomic E-state index is 14.2. The van der Waals surface area contributed by atoms with Crippen molar-refractivity contribution in [2.75, 3.05) is 5.32 Å². The minimum Gasteiger partial charge on any atom is -0.363 e. The summed E-state index contributed by atoms with van der Waals surface area (Å²) in [5.41, 5.74) is 3.13. The molecule has 0 aliphatic heterocycles. The van der Waals surface area contributed by atoms with Gasteiger partial charge in [0.25, 0.3) is 5.91 Å². The molecular formula is C23H15F2N5O2. The van der Waals surface area contributed by atoms with E-state index >= 15 is 0 Å². The zero-order valence-electron chi connectivity index (χ0n) is 16.7. The third-order valence-corrected chi connectivity index (χ3v) is 5.09. The van der Waals surface area contributed by atoms with Crippen LogP contribution in [0.25, 0.3) is 28.2 Å². The number of pyridine rings is 1. The maximum absolute atomic E-state index is 14.2. The van der Waals surface area contributed by atoms with Gasteiger partial charge in [-0.05, 0) is 60.0 Å². The standard InChI is InChI=1S/C23H15F2N5O2/c1-13-5-6-15(23(31)26-19-8-10-32-29-19)11-16(13)14-7-9-30-20(12-14)27-28-22(30)21-17(24)3-2-4-18(21)25/h2-12H,1H3,(H,26,29,31). The second kappa shape index (κ2) is 7.69. The van der Waals surface area contributed by atoms with Gasteiger partial charge in [0, 0.05) is 17.8 Å². The molecule has 158 valence electrons. The number of rotatable bonds is 4. The number of aryl methyl sites for hydroxylation is 1. The topological polar surface area (TPSA) is 85.3 Å². The number of nitrogens with one attached hydrogen (secondary N) is 1. The Kier molecular flexibility index (Phi) is 4.70. The van der Waals surface area contributed by atoms with E-state index in [2.05, 4.69) is 20.7 Å². The Morgan fingerprint density at radius 2 is 1.84 bits per heavy atom. The molecule has 0 spiro atoms. The molecule has 0 unspecified atom stereocenters. The van der Waals surface area contributed by atoms with Gasteiger partial charge in [-0.3, -0.25) is 9.20 Å². The molecule has 0 aliphatic carbocycles. The molecular weight excluding hydrogens is 416 g/mol. The molecule has 0 bridgehead atoms. The van der Waals surface area contributed by atoms with Crippen molar-refractivity contribution in [1.29, 1.82) is 0 Å². The summed E-state index contributed by atoms with van der Waals surface area (Å²) in [6, 6.07) is 14.0. The summed E-state index contributed by atoms with van der Waals surface area (Å²) in [5.74, 6) is -1.38. The van der Waals surface area contributed by atoms with Crippen molar-refractivity contribution in [2.45, 2.75) is 6.92 Å². The molecule has 3 heterocycles. The first-order valence-electron chi connectivity index (χ1n) is 9.63. The summed E-state index contributed by atoms with van der Waals surface area (Å²) in [4.78, 5) is 12.6. The first-order chi connectivity index (χ1) is 15.5. The van der Waals surface area contributed by atoms with Crippen molar-refractivity contribution in [1.82, 2.24) is 19.8 Å². The first kappa shape index (κ1) is 19.6. The highest BCUT2D eigenvalue weighted by Crippen LogP contribution is 2.29. The molecule has 32 heavy (non-hydrogen) atoms. The molecule has 5 rings (SSSR count). The van der Waals surface area contributed by atoms with E-state index < -0.39 is 11.6 Å². The van der Waals surface area contributed by atoms with Gasteiger partial charge in [-0.15, -0.1) is 10.2 Å². The fraction of sp³-hybridized carbons (Fsp3) is 0.0435. The highest BCUT2D eigenvalue weighted by atomic mass is 19.1. The van der Waals surface area contributed by atoms with Crippen LogP contribution < -0.4 is 5.32 Å². The van der Waals surface area contributed by atoms with E-state index in [4.69, 9.17) is 4.52 Å². The van der Waals surface area contributed by atoms with Gasteiger partial charge in [0.15, 0.2) is 17.3 Å². The fourth-order valence-electron chi connectivity index (χ4n) is 3.48. The second-order valence-electron chi connectivity index (χ2n) is 7.13. The summed E-state index contributed by atoms with van der Waals surface area (Å²) in [7, 11) is 0. The van der Waals surface area contributed by atoms with Gasteiger partial charge in [0.2, 0.25) is 0 Å². The number of aromatic nitrogens is 4. The van der Waals surface area contributed by atoms with Crippen LogP contribution in [0.3, 0.4) is 0 Å². The number of carbonyl (C=O) groups is 1. The predicted octanol–water partition coefficient (Wildman–Crippen LogP) is 4.89. The lowest BCUT2D eigenvalue weighted by Crippen LogP contribution is -2.12. The average Bonchev–Trinajstić information content (AvgIpc) is 3.44.